The first kappa shape index (κ1) is 35.8. The smallest absolute Gasteiger partial charge is 0.325 e. The van der Waals surface area contributed by atoms with Crippen molar-refractivity contribution in [2.24, 2.45) is 11.3 Å². The van der Waals surface area contributed by atoms with E-state index < -0.39 is 36.1 Å². The molecular weight excluding hydrogens is 578 g/mol. The molecular formula is C31H44ClN3O8. The van der Waals surface area contributed by atoms with E-state index in [4.69, 9.17) is 30.5 Å². The van der Waals surface area contributed by atoms with Crippen LogP contribution in [-0.4, -0.2) is 84.7 Å². The Bertz CT molecular complexity index is 1260. The predicted molar refractivity (Wildman–Crippen MR) is 165 cm³/mol. The average Bonchev–Trinajstić information content (AvgIpc) is 3.32. The minimum atomic E-state index is -1.09. The Morgan fingerprint density at radius 3 is 2.49 bits per heavy atom. The number of rotatable bonds is 19. The summed E-state index contributed by atoms with van der Waals surface area (Å²) in [4.78, 5) is 27.5. The van der Waals surface area contributed by atoms with Gasteiger partial charge in [0, 0.05) is 54.8 Å². The van der Waals surface area contributed by atoms with Gasteiger partial charge in [0.2, 0.25) is 5.88 Å². The number of nitrogens with zero attached hydrogens (tertiary/aromatic N) is 3. The standard InChI is InChI=1S/C31H44ClN3O8/c1-9-22(29(41-8)21(4)40-7)17-43-26(14-24-15-27(42-10-2)35(33-24)16-28(37)38)30(39)34(18-31(5,6)19-36)25-12-11-23(32)13-20(25)3/h9,11-13,15,22,26,29,36H,1,4,10,14,16-19H2,2-3,5-8H3,(H,37,38)/t22-,26-,29?/m1/s1. The van der Waals surface area contributed by atoms with Gasteiger partial charge in [0.05, 0.1) is 26.0 Å². The van der Waals surface area contributed by atoms with Crippen LogP contribution in [0.25, 0.3) is 0 Å². The molecule has 0 aliphatic rings. The molecule has 1 amide bonds. The largest absolute Gasteiger partial charge is 0.499 e. The van der Waals surface area contributed by atoms with Crippen LogP contribution < -0.4 is 9.64 Å². The second kappa shape index (κ2) is 16.5. The van der Waals surface area contributed by atoms with Crippen LogP contribution in [0.15, 0.2) is 49.3 Å². The predicted octanol–water partition coefficient (Wildman–Crippen LogP) is 4.28. The number of aliphatic hydroxyl groups is 1. The van der Waals surface area contributed by atoms with E-state index in [1.807, 2.05) is 20.8 Å². The van der Waals surface area contributed by atoms with Crippen LogP contribution in [0.1, 0.15) is 32.0 Å². The Labute approximate surface area is 258 Å². The van der Waals surface area contributed by atoms with E-state index in [2.05, 4.69) is 18.3 Å². The molecule has 0 aliphatic heterocycles. The van der Waals surface area contributed by atoms with E-state index in [0.717, 1.165) is 5.56 Å². The van der Waals surface area contributed by atoms with Gasteiger partial charge in [-0.25, -0.2) is 4.68 Å². The molecule has 0 spiro atoms. The molecule has 0 saturated carbocycles. The number of halogens is 1. The average molecular weight is 622 g/mol. The maximum Gasteiger partial charge on any atom is 0.325 e. The van der Waals surface area contributed by atoms with Gasteiger partial charge in [-0.15, -0.1) is 6.58 Å². The first-order valence-electron chi connectivity index (χ1n) is 13.9. The lowest BCUT2D eigenvalue weighted by Crippen LogP contribution is -2.47. The number of methoxy groups -OCH3 is 2. The van der Waals surface area contributed by atoms with Gasteiger partial charge in [0.1, 0.15) is 24.5 Å². The molecule has 11 nitrogen and oxygen atoms in total. The second-order valence-corrected chi connectivity index (χ2v) is 11.3. The van der Waals surface area contributed by atoms with E-state index in [1.165, 1.54) is 18.9 Å². The van der Waals surface area contributed by atoms with Crippen molar-refractivity contribution in [1.29, 1.82) is 0 Å². The number of aromatic nitrogens is 2. The topological polar surface area (TPSA) is 133 Å². The number of hydrogen-bond donors (Lipinski definition) is 2. The molecule has 2 N–H and O–H groups in total. The Morgan fingerprint density at radius 2 is 1.95 bits per heavy atom. The zero-order valence-corrected chi connectivity index (χ0v) is 26.6. The van der Waals surface area contributed by atoms with Crippen molar-refractivity contribution in [3.8, 4) is 5.88 Å². The van der Waals surface area contributed by atoms with Crippen LogP contribution in [0, 0.1) is 18.3 Å². The molecule has 12 heteroatoms. The van der Waals surface area contributed by atoms with Crippen molar-refractivity contribution in [3.63, 3.8) is 0 Å². The summed E-state index contributed by atoms with van der Waals surface area (Å²) in [5, 5.41) is 24.4. The number of aliphatic carboxylic acids is 1. The Hall–Kier alpha value is -3.38. The number of carboxylic acid groups (broad SMARTS) is 1. The van der Waals surface area contributed by atoms with Gasteiger partial charge in [-0.05, 0) is 37.6 Å². The molecule has 238 valence electrons. The summed E-state index contributed by atoms with van der Waals surface area (Å²) < 4.78 is 24.0. The third-order valence-corrected chi connectivity index (χ3v) is 7.02. The summed E-state index contributed by atoms with van der Waals surface area (Å²) in [6.45, 7) is 15.0. The molecule has 1 aromatic carbocycles. The number of hydrogen-bond acceptors (Lipinski definition) is 8. The molecule has 2 aromatic rings. The number of carbonyl (C=O) groups excluding carboxylic acids is 1. The highest BCUT2D eigenvalue weighted by atomic mass is 35.5. The molecule has 0 aliphatic carbocycles. The SMILES string of the molecule is C=C[C@H](CO[C@H](Cc1cc(OCC)n(CC(=O)O)n1)C(=O)N(CC(C)(C)CO)c1ccc(Cl)cc1C)C(OC)C(=C)OC. The van der Waals surface area contributed by atoms with Gasteiger partial charge < -0.3 is 34.1 Å². The normalized spacial score (nSPS) is 13.6. The van der Waals surface area contributed by atoms with E-state index in [9.17, 15) is 19.8 Å². The zero-order chi connectivity index (χ0) is 32.3. The van der Waals surface area contributed by atoms with Crippen LogP contribution in [0.3, 0.4) is 0 Å². The number of aryl methyl sites for hydroxylation is 1. The lowest BCUT2D eigenvalue weighted by Gasteiger charge is -2.35. The van der Waals surface area contributed by atoms with Crippen molar-refractivity contribution in [2.75, 3.05) is 45.5 Å². The van der Waals surface area contributed by atoms with Gasteiger partial charge >= 0.3 is 5.97 Å². The fourth-order valence-corrected chi connectivity index (χ4v) is 4.71. The number of amides is 1. The Morgan fingerprint density at radius 1 is 1.26 bits per heavy atom. The molecule has 0 fully saturated rings. The van der Waals surface area contributed by atoms with Gasteiger partial charge in [0.25, 0.3) is 5.91 Å². The van der Waals surface area contributed by atoms with Crippen molar-refractivity contribution in [3.05, 3.63) is 65.5 Å². The lowest BCUT2D eigenvalue weighted by molar-refractivity contribution is -0.138. The fraction of sp³-hybridized carbons (Fsp3) is 0.516. The van der Waals surface area contributed by atoms with Crippen molar-refractivity contribution >= 4 is 29.2 Å². The van der Waals surface area contributed by atoms with Crippen LogP contribution in [0.5, 0.6) is 5.88 Å². The molecule has 2 rings (SSSR count). The molecule has 0 radical (unpaired) electrons. The minimum absolute atomic E-state index is 0.000946. The Balaban J connectivity index is 2.58. The van der Waals surface area contributed by atoms with Crippen molar-refractivity contribution in [2.45, 2.75) is 52.9 Å². The van der Waals surface area contributed by atoms with Crippen molar-refractivity contribution < 1.29 is 38.7 Å². The highest BCUT2D eigenvalue weighted by Gasteiger charge is 2.34. The number of aliphatic hydroxyl groups excluding tert-OH is 1. The first-order valence-corrected chi connectivity index (χ1v) is 14.3. The summed E-state index contributed by atoms with van der Waals surface area (Å²) in [6.07, 6.45) is -0.0190. The lowest BCUT2D eigenvalue weighted by atomic mass is 9.93. The highest BCUT2D eigenvalue weighted by Crippen LogP contribution is 2.29. The minimum Gasteiger partial charge on any atom is -0.499 e. The molecule has 43 heavy (non-hydrogen) atoms. The van der Waals surface area contributed by atoms with E-state index in [1.54, 1.807) is 42.2 Å². The highest BCUT2D eigenvalue weighted by molar-refractivity contribution is 6.30. The van der Waals surface area contributed by atoms with E-state index in [-0.39, 0.29) is 38.0 Å². The summed E-state index contributed by atoms with van der Waals surface area (Å²) >= 11 is 6.22. The number of carboxylic acids is 1. The molecule has 1 aromatic heterocycles. The van der Waals surface area contributed by atoms with Gasteiger partial charge in [-0.3, -0.25) is 9.59 Å². The zero-order valence-electron chi connectivity index (χ0n) is 25.8. The molecule has 1 unspecified atom stereocenters. The van der Waals surface area contributed by atoms with Crippen LogP contribution in [0.4, 0.5) is 5.69 Å². The summed E-state index contributed by atoms with van der Waals surface area (Å²) in [6, 6.07) is 6.81. The number of ether oxygens (including phenoxy) is 4. The molecule has 0 saturated heterocycles. The Kier molecular flexibility index (Phi) is 13.7. The fourth-order valence-electron chi connectivity index (χ4n) is 4.49. The monoisotopic (exact) mass is 621 g/mol. The van der Waals surface area contributed by atoms with Crippen molar-refractivity contribution in [1.82, 2.24) is 9.78 Å². The quantitative estimate of drug-likeness (QED) is 0.174. The number of benzene rings is 1. The molecule has 0 bridgehead atoms. The van der Waals surface area contributed by atoms with Gasteiger partial charge in [-0.1, -0.05) is 38.1 Å². The van der Waals surface area contributed by atoms with Gasteiger partial charge in [-0.2, -0.15) is 5.10 Å². The van der Waals surface area contributed by atoms with E-state index >= 15 is 0 Å². The maximum atomic E-state index is 14.4. The second-order valence-electron chi connectivity index (χ2n) is 10.9. The van der Waals surface area contributed by atoms with Crippen LogP contribution in [0.2, 0.25) is 5.02 Å². The first-order chi connectivity index (χ1) is 20.3. The number of carbonyl (C=O) groups is 2. The summed E-state index contributed by atoms with van der Waals surface area (Å²) in [5.74, 6) is -1.27. The summed E-state index contributed by atoms with van der Waals surface area (Å²) in [7, 11) is 3.00. The summed E-state index contributed by atoms with van der Waals surface area (Å²) in [5.41, 5.74) is 1.12. The third kappa shape index (κ3) is 10.1. The van der Waals surface area contributed by atoms with Gasteiger partial charge in [0.15, 0.2) is 0 Å². The van der Waals surface area contributed by atoms with E-state index in [0.29, 0.717) is 28.8 Å². The van der Waals surface area contributed by atoms with Crippen LogP contribution in [-0.2, 0) is 36.8 Å². The third-order valence-electron chi connectivity index (χ3n) is 6.79. The maximum absolute atomic E-state index is 14.4. The number of anilines is 1. The van der Waals surface area contributed by atoms with Crippen LogP contribution >= 0.6 is 11.6 Å². The molecule has 1 heterocycles. The molecule has 3 atom stereocenters.